The zero-order valence-electron chi connectivity index (χ0n) is 10.7. The van der Waals surface area contributed by atoms with Crippen LogP contribution in [0, 0.1) is 0 Å². The molecule has 0 saturated carbocycles. The highest BCUT2D eigenvalue weighted by molar-refractivity contribution is 6.20. The number of para-hydroxylation sites is 1. The van der Waals surface area contributed by atoms with Gasteiger partial charge in [0.25, 0.3) is 5.91 Å². The molecule has 1 unspecified atom stereocenters. The first-order valence-corrected chi connectivity index (χ1v) is 6.63. The molecule has 100 valence electrons. The first-order chi connectivity index (χ1) is 9.16. The summed E-state index contributed by atoms with van der Waals surface area (Å²) in [5.74, 6) is -0.125. The molecular weight excluding hydrogens is 262 g/mol. The van der Waals surface area contributed by atoms with Gasteiger partial charge in [0.1, 0.15) is 0 Å². The smallest absolute Gasteiger partial charge is 0.254 e. The Morgan fingerprint density at radius 3 is 2.84 bits per heavy atom. The van der Waals surface area contributed by atoms with Gasteiger partial charge in [-0.05, 0) is 25.5 Å². The fraction of sp³-hybridized carbons (Fsp3) is 0.286. The zero-order chi connectivity index (χ0) is 13.7. The molecule has 1 amide bonds. The first-order valence-electron chi connectivity index (χ1n) is 6.19. The van der Waals surface area contributed by atoms with Crippen LogP contribution in [-0.2, 0) is 0 Å². The van der Waals surface area contributed by atoms with Crippen LogP contribution >= 0.6 is 11.6 Å². The van der Waals surface area contributed by atoms with Gasteiger partial charge in [-0.15, -0.1) is 11.6 Å². The van der Waals surface area contributed by atoms with Crippen LogP contribution in [-0.4, -0.2) is 27.6 Å². The van der Waals surface area contributed by atoms with Crippen molar-refractivity contribution in [1.29, 1.82) is 0 Å². The van der Waals surface area contributed by atoms with E-state index in [9.17, 15) is 4.79 Å². The van der Waals surface area contributed by atoms with Crippen molar-refractivity contribution in [1.82, 2.24) is 15.1 Å². The van der Waals surface area contributed by atoms with E-state index in [1.165, 1.54) is 0 Å². The summed E-state index contributed by atoms with van der Waals surface area (Å²) in [5.41, 5.74) is 1.47. The first kappa shape index (κ1) is 13.6. The van der Waals surface area contributed by atoms with Crippen molar-refractivity contribution in [3.63, 3.8) is 0 Å². The molecule has 0 aliphatic rings. The summed E-state index contributed by atoms with van der Waals surface area (Å²) >= 11 is 5.82. The fourth-order valence-electron chi connectivity index (χ4n) is 1.65. The molecule has 5 heteroatoms. The maximum Gasteiger partial charge on any atom is 0.254 e. The van der Waals surface area contributed by atoms with Gasteiger partial charge >= 0.3 is 0 Å². The lowest BCUT2D eigenvalue weighted by atomic mass is 10.3. The van der Waals surface area contributed by atoms with E-state index in [0.29, 0.717) is 12.1 Å². The maximum atomic E-state index is 11.9. The van der Waals surface area contributed by atoms with Gasteiger partial charge in [0.2, 0.25) is 0 Å². The van der Waals surface area contributed by atoms with Crippen LogP contribution in [0.2, 0.25) is 0 Å². The lowest BCUT2D eigenvalue weighted by molar-refractivity contribution is 0.0953. The Hall–Kier alpha value is -1.81. The number of nitrogens with one attached hydrogen (secondary N) is 1. The van der Waals surface area contributed by atoms with Crippen LogP contribution < -0.4 is 5.32 Å². The lowest BCUT2D eigenvalue weighted by Crippen LogP contribution is -2.25. The van der Waals surface area contributed by atoms with E-state index in [2.05, 4.69) is 10.4 Å². The SMILES string of the molecule is CC(Cl)CCNC(=O)c1cnn(-c2ccccc2)c1. The maximum absolute atomic E-state index is 11.9. The number of rotatable bonds is 5. The third-order valence-corrected chi connectivity index (χ3v) is 2.91. The second kappa shape index (κ2) is 6.38. The summed E-state index contributed by atoms with van der Waals surface area (Å²) < 4.78 is 1.68. The number of aromatic nitrogens is 2. The van der Waals surface area contributed by atoms with Crippen LogP contribution in [0.4, 0.5) is 0 Å². The van der Waals surface area contributed by atoms with E-state index in [1.54, 1.807) is 17.1 Å². The van der Waals surface area contributed by atoms with E-state index < -0.39 is 0 Å². The molecule has 0 spiro atoms. The second-order valence-electron chi connectivity index (χ2n) is 4.33. The van der Waals surface area contributed by atoms with Gasteiger partial charge in [0.05, 0.1) is 17.4 Å². The van der Waals surface area contributed by atoms with Crippen molar-refractivity contribution in [2.24, 2.45) is 0 Å². The van der Waals surface area contributed by atoms with E-state index >= 15 is 0 Å². The molecule has 2 rings (SSSR count). The van der Waals surface area contributed by atoms with Gasteiger partial charge in [0.15, 0.2) is 0 Å². The number of benzene rings is 1. The molecule has 2 aromatic rings. The van der Waals surface area contributed by atoms with Gasteiger partial charge < -0.3 is 5.32 Å². The van der Waals surface area contributed by atoms with Crippen LogP contribution in [0.25, 0.3) is 5.69 Å². The minimum atomic E-state index is -0.125. The monoisotopic (exact) mass is 277 g/mol. The van der Waals surface area contributed by atoms with Crippen molar-refractivity contribution in [3.8, 4) is 5.69 Å². The number of nitrogens with zero attached hydrogens (tertiary/aromatic N) is 2. The second-order valence-corrected chi connectivity index (χ2v) is 5.08. The predicted molar refractivity (Wildman–Crippen MR) is 75.8 cm³/mol. The summed E-state index contributed by atoms with van der Waals surface area (Å²) in [5, 5.41) is 7.06. The molecule has 19 heavy (non-hydrogen) atoms. The number of alkyl halides is 1. The Balaban J connectivity index is 1.99. The summed E-state index contributed by atoms with van der Waals surface area (Å²) in [6.45, 7) is 2.47. The minimum Gasteiger partial charge on any atom is -0.352 e. The van der Waals surface area contributed by atoms with Crippen molar-refractivity contribution < 1.29 is 4.79 Å². The van der Waals surface area contributed by atoms with Gasteiger partial charge in [-0.1, -0.05) is 18.2 Å². The zero-order valence-corrected chi connectivity index (χ0v) is 11.5. The lowest BCUT2D eigenvalue weighted by Gasteiger charge is -2.04. The van der Waals surface area contributed by atoms with Crippen LogP contribution in [0.3, 0.4) is 0 Å². The molecule has 0 saturated heterocycles. The molecule has 4 nitrogen and oxygen atoms in total. The third kappa shape index (κ3) is 3.83. The number of carbonyl (C=O) groups excluding carboxylic acids is 1. The average Bonchev–Trinajstić information content (AvgIpc) is 2.89. The van der Waals surface area contributed by atoms with Crippen molar-refractivity contribution in [3.05, 3.63) is 48.3 Å². The average molecular weight is 278 g/mol. The molecule has 0 radical (unpaired) electrons. The molecule has 0 aliphatic heterocycles. The highest BCUT2D eigenvalue weighted by Crippen LogP contribution is 2.07. The highest BCUT2D eigenvalue weighted by atomic mass is 35.5. The van der Waals surface area contributed by atoms with Gasteiger partial charge in [-0.25, -0.2) is 4.68 Å². The number of hydrogen-bond donors (Lipinski definition) is 1. The minimum absolute atomic E-state index is 0.0624. The Morgan fingerprint density at radius 2 is 2.16 bits per heavy atom. The number of halogens is 1. The van der Waals surface area contributed by atoms with E-state index in [1.807, 2.05) is 37.3 Å². The number of amides is 1. The van der Waals surface area contributed by atoms with E-state index in [4.69, 9.17) is 11.6 Å². The number of hydrogen-bond acceptors (Lipinski definition) is 2. The summed E-state index contributed by atoms with van der Waals surface area (Å²) in [6, 6.07) is 9.67. The predicted octanol–water partition coefficient (Wildman–Crippen LogP) is 2.62. The molecule has 1 atom stereocenters. The van der Waals surface area contributed by atoms with Crippen molar-refractivity contribution in [2.45, 2.75) is 18.7 Å². The quantitative estimate of drug-likeness (QED) is 0.854. The highest BCUT2D eigenvalue weighted by Gasteiger charge is 2.09. The third-order valence-electron chi connectivity index (χ3n) is 2.69. The topological polar surface area (TPSA) is 46.9 Å². The molecule has 1 heterocycles. The fourth-order valence-corrected chi connectivity index (χ4v) is 1.76. The summed E-state index contributed by atoms with van der Waals surface area (Å²) in [4.78, 5) is 11.9. The Bertz CT molecular complexity index is 537. The van der Waals surface area contributed by atoms with Crippen LogP contribution in [0.1, 0.15) is 23.7 Å². The molecular formula is C14H16ClN3O. The van der Waals surface area contributed by atoms with Gasteiger partial charge in [0, 0.05) is 18.1 Å². The molecule has 0 fully saturated rings. The number of carbonyl (C=O) groups is 1. The molecule has 1 aromatic carbocycles. The van der Waals surface area contributed by atoms with Crippen LogP contribution in [0.5, 0.6) is 0 Å². The molecule has 1 N–H and O–H groups in total. The Kier molecular flexibility index (Phi) is 4.58. The summed E-state index contributed by atoms with van der Waals surface area (Å²) in [7, 11) is 0. The molecule has 0 bridgehead atoms. The van der Waals surface area contributed by atoms with Gasteiger partial charge in [-0.3, -0.25) is 4.79 Å². The van der Waals surface area contributed by atoms with Crippen LogP contribution in [0.15, 0.2) is 42.7 Å². The Morgan fingerprint density at radius 1 is 1.42 bits per heavy atom. The Labute approximate surface area is 117 Å². The molecule has 1 aromatic heterocycles. The van der Waals surface area contributed by atoms with Crippen molar-refractivity contribution >= 4 is 17.5 Å². The largest absolute Gasteiger partial charge is 0.352 e. The normalized spacial score (nSPS) is 12.1. The van der Waals surface area contributed by atoms with Crippen molar-refractivity contribution in [2.75, 3.05) is 6.54 Å². The van der Waals surface area contributed by atoms with Gasteiger partial charge in [-0.2, -0.15) is 5.10 Å². The van der Waals surface area contributed by atoms with E-state index in [-0.39, 0.29) is 11.3 Å². The molecule has 0 aliphatic carbocycles. The standard InChI is InChI=1S/C14H16ClN3O/c1-11(15)7-8-16-14(19)12-9-17-18(10-12)13-5-3-2-4-6-13/h2-6,9-11H,7-8H2,1H3,(H,16,19). The summed E-state index contributed by atoms with van der Waals surface area (Å²) in [6.07, 6.45) is 4.03. The van der Waals surface area contributed by atoms with E-state index in [0.717, 1.165) is 12.1 Å².